The predicted octanol–water partition coefficient (Wildman–Crippen LogP) is 3.50. The van der Waals surface area contributed by atoms with E-state index in [1.54, 1.807) is 0 Å². The smallest absolute Gasteiger partial charge is 0.460 e. The molecule has 2 N–H and O–H groups in total. The number of aliphatic hydroxyl groups is 2. The standard InChI is InChI=1S/C21H32O7S2/c1-15-5-3-2-4-6-16-13-17(14-18(16)19(23)7-8-20(24)27-15)28-21(25)26-10-12-30-29-11-9-22/h4,6-8,15-19,22-23H,2-3,5,9-14H2,1H3/b6-4+,8-7+/t15-,16+,17-,18+,19+/m0/s1. The molecule has 0 spiro atoms. The van der Waals surface area contributed by atoms with Crippen molar-refractivity contribution in [2.75, 3.05) is 24.7 Å². The number of esters is 1. The summed E-state index contributed by atoms with van der Waals surface area (Å²) in [4.78, 5) is 23.9. The third-order valence-electron chi connectivity index (χ3n) is 5.08. The highest BCUT2D eigenvalue weighted by atomic mass is 33.1. The van der Waals surface area contributed by atoms with Gasteiger partial charge >= 0.3 is 12.1 Å². The van der Waals surface area contributed by atoms with E-state index in [0.717, 1.165) is 19.3 Å². The van der Waals surface area contributed by atoms with E-state index in [2.05, 4.69) is 12.2 Å². The number of aliphatic hydroxyl groups excluding tert-OH is 2. The Morgan fingerprint density at radius 3 is 2.87 bits per heavy atom. The topological polar surface area (TPSA) is 102 Å². The summed E-state index contributed by atoms with van der Waals surface area (Å²) in [5.41, 5.74) is 0. The zero-order valence-electron chi connectivity index (χ0n) is 17.3. The van der Waals surface area contributed by atoms with Crippen molar-refractivity contribution in [2.24, 2.45) is 11.8 Å². The number of allylic oxidation sites excluding steroid dienone is 2. The molecule has 1 fully saturated rings. The Balaban J connectivity index is 1.86. The second-order valence-electron chi connectivity index (χ2n) is 7.46. The summed E-state index contributed by atoms with van der Waals surface area (Å²) in [5.74, 6) is 0.723. The van der Waals surface area contributed by atoms with Gasteiger partial charge in [0.05, 0.1) is 18.8 Å². The maximum absolute atomic E-state index is 12.0. The lowest BCUT2D eigenvalue weighted by atomic mass is 9.90. The Labute approximate surface area is 186 Å². The number of rotatable bonds is 7. The summed E-state index contributed by atoms with van der Waals surface area (Å²) >= 11 is 0. The zero-order valence-corrected chi connectivity index (χ0v) is 18.9. The van der Waals surface area contributed by atoms with Gasteiger partial charge in [0.2, 0.25) is 0 Å². The van der Waals surface area contributed by atoms with Crippen LogP contribution >= 0.6 is 21.6 Å². The van der Waals surface area contributed by atoms with Crippen molar-refractivity contribution in [3.63, 3.8) is 0 Å². The Kier molecular flexibility index (Phi) is 11.7. The molecular weight excluding hydrogens is 428 g/mol. The number of carbonyl (C=O) groups is 2. The summed E-state index contributed by atoms with van der Waals surface area (Å²) in [7, 11) is 3.05. The van der Waals surface area contributed by atoms with Crippen LogP contribution in [-0.4, -0.2) is 65.4 Å². The highest BCUT2D eigenvalue weighted by Crippen LogP contribution is 2.38. The van der Waals surface area contributed by atoms with Gasteiger partial charge in [0, 0.05) is 17.6 Å². The molecule has 1 heterocycles. The van der Waals surface area contributed by atoms with E-state index in [-0.39, 0.29) is 37.3 Å². The van der Waals surface area contributed by atoms with Crippen molar-refractivity contribution in [3.8, 4) is 0 Å². The fourth-order valence-electron chi connectivity index (χ4n) is 3.66. The lowest BCUT2D eigenvalue weighted by molar-refractivity contribution is -0.142. The minimum Gasteiger partial charge on any atom is -0.460 e. The van der Waals surface area contributed by atoms with Crippen molar-refractivity contribution in [1.82, 2.24) is 0 Å². The van der Waals surface area contributed by atoms with E-state index in [1.807, 2.05) is 6.92 Å². The van der Waals surface area contributed by atoms with E-state index in [4.69, 9.17) is 19.3 Å². The van der Waals surface area contributed by atoms with Gasteiger partial charge in [0.15, 0.2) is 0 Å². The van der Waals surface area contributed by atoms with Crippen molar-refractivity contribution < 1.29 is 34.0 Å². The summed E-state index contributed by atoms with van der Waals surface area (Å²) in [5, 5.41) is 19.3. The maximum Gasteiger partial charge on any atom is 0.508 e. The summed E-state index contributed by atoms with van der Waals surface area (Å²) < 4.78 is 15.9. The maximum atomic E-state index is 12.0. The molecule has 9 heteroatoms. The van der Waals surface area contributed by atoms with E-state index in [0.29, 0.717) is 24.3 Å². The molecule has 0 amide bonds. The Bertz CT molecular complexity index is 596. The summed E-state index contributed by atoms with van der Waals surface area (Å²) in [6.07, 6.45) is 8.62. The van der Waals surface area contributed by atoms with Crippen LogP contribution in [-0.2, 0) is 19.0 Å². The van der Waals surface area contributed by atoms with Crippen molar-refractivity contribution in [1.29, 1.82) is 0 Å². The van der Waals surface area contributed by atoms with Gasteiger partial charge in [-0.05, 0) is 56.9 Å². The third kappa shape index (κ3) is 9.32. The van der Waals surface area contributed by atoms with E-state index in [9.17, 15) is 14.7 Å². The van der Waals surface area contributed by atoms with Gasteiger partial charge in [-0.3, -0.25) is 0 Å². The Morgan fingerprint density at radius 2 is 2.07 bits per heavy atom. The molecule has 2 aliphatic rings. The SMILES string of the molecule is C[C@H]1CCC/C=C/[C@@H]2C[C@H](OC(=O)OCCSSCCO)C[C@H]2[C@H](O)/C=C/C(=O)O1. The molecule has 170 valence electrons. The van der Waals surface area contributed by atoms with Crippen LogP contribution in [0.1, 0.15) is 39.0 Å². The van der Waals surface area contributed by atoms with Crippen LogP contribution in [0.15, 0.2) is 24.3 Å². The first-order chi connectivity index (χ1) is 14.5. The first-order valence-electron chi connectivity index (χ1n) is 10.4. The molecule has 0 aromatic carbocycles. The quantitative estimate of drug-likeness (QED) is 0.256. The second kappa shape index (κ2) is 14.0. The van der Waals surface area contributed by atoms with Crippen molar-refractivity contribution in [2.45, 2.75) is 57.3 Å². The predicted molar refractivity (Wildman–Crippen MR) is 118 cm³/mol. The molecule has 0 bridgehead atoms. The molecule has 7 nitrogen and oxygen atoms in total. The van der Waals surface area contributed by atoms with Gasteiger partial charge in [0.1, 0.15) is 12.7 Å². The van der Waals surface area contributed by atoms with E-state index in [1.165, 1.54) is 33.7 Å². The molecule has 1 aliphatic heterocycles. The normalized spacial score (nSPS) is 32.0. The average Bonchev–Trinajstić information content (AvgIpc) is 3.10. The van der Waals surface area contributed by atoms with Crippen LogP contribution in [0.25, 0.3) is 0 Å². The largest absolute Gasteiger partial charge is 0.508 e. The lowest BCUT2D eigenvalue weighted by Gasteiger charge is -2.19. The summed E-state index contributed by atoms with van der Waals surface area (Å²) in [6, 6.07) is 0. The van der Waals surface area contributed by atoms with Crippen LogP contribution < -0.4 is 0 Å². The van der Waals surface area contributed by atoms with Crippen LogP contribution in [0.4, 0.5) is 4.79 Å². The number of ether oxygens (including phenoxy) is 3. The molecule has 0 aromatic heterocycles. The van der Waals surface area contributed by atoms with Gasteiger partial charge in [-0.15, -0.1) is 0 Å². The van der Waals surface area contributed by atoms with E-state index >= 15 is 0 Å². The molecule has 0 radical (unpaired) electrons. The highest BCUT2D eigenvalue weighted by molar-refractivity contribution is 8.76. The van der Waals surface area contributed by atoms with Gasteiger partial charge in [-0.25, -0.2) is 9.59 Å². The number of fused-ring (bicyclic) bond motifs is 1. The van der Waals surface area contributed by atoms with Gasteiger partial charge in [0.25, 0.3) is 0 Å². The van der Waals surface area contributed by atoms with Crippen LogP contribution in [0.5, 0.6) is 0 Å². The molecule has 5 atom stereocenters. The number of carbonyl (C=O) groups excluding carboxylic acids is 2. The Hall–Kier alpha value is -1.16. The molecule has 30 heavy (non-hydrogen) atoms. The fourth-order valence-corrected chi connectivity index (χ4v) is 5.25. The zero-order chi connectivity index (χ0) is 21.8. The molecule has 1 saturated carbocycles. The fraction of sp³-hybridized carbons (Fsp3) is 0.714. The minimum absolute atomic E-state index is 0.0575. The number of hydrogen-bond acceptors (Lipinski definition) is 9. The molecule has 0 saturated heterocycles. The van der Waals surface area contributed by atoms with E-state index < -0.39 is 18.2 Å². The molecule has 2 rings (SSSR count). The van der Waals surface area contributed by atoms with Crippen molar-refractivity contribution in [3.05, 3.63) is 24.3 Å². The number of cyclic esters (lactones) is 1. The molecule has 1 aliphatic carbocycles. The third-order valence-corrected chi connectivity index (χ3v) is 7.43. The number of hydrogen-bond donors (Lipinski definition) is 2. The Morgan fingerprint density at radius 1 is 1.27 bits per heavy atom. The minimum atomic E-state index is -0.826. The van der Waals surface area contributed by atoms with Gasteiger partial charge in [-0.2, -0.15) is 0 Å². The van der Waals surface area contributed by atoms with Gasteiger partial charge < -0.3 is 24.4 Å². The monoisotopic (exact) mass is 460 g/mol. The molecule has 0 unspecified atom stereocenters. The van der Waals surface area contributed by atoms with Crippen LogP contribution in [0.3, 0.4) is 0 Å². The molecular formula is C21H32O7S2. The van der Waals surface area contributed by atoms with Crippen LogP contribution in [0, 0.1) is 11.8 Å². The lowest BCUT2D eigenvalue weighted by Crippen LogP contribution is -2.22. The van der Waals surface area contributed by atoms with Crippen molar-refractivity contribution >= 4 is 33.7 Å². The van der Waals surface area contributed by atoms with Crippen LogP contribution in [0.2, 0.25) is 0 Å². The first-order valence-corrected chi connectivity index (χ1v) is 12.9. The molecule has 0 aromatic rings. The summed E-state index contributed by atoms with van der Waals surface area (Å²) in [6.45, 7) is 2.24. The highest BCUT2D eigenvalue weighted by Gasteiger charge is 2.38. The first kappa shape index (κ1) is 25.1. The second-order valence-corrected chi connectivity index (χ2v) is 10.2. The average molecular weight is 461 g/mol. The van der Waals surface area contributed by atoms with Gasteiger partial charge in [-0.1, -0.05) is 33.7 Å².